The fraction of sp³-hybridized carbons (Fsp3) is 0.643. The van der Waals surface area contributed by atoms with Gasteiger partial charge in [0.1, 0.15) is 5.82 Å². The normalized spacial score (nSPS) is 28.3. The Morgan fingerprint density at radius 1 is 1.42 bits per heavy atom. The lowest BCUT2D eigenvalue weighted by atomic mass is 9.93. The number of piperazine rings is 1. The molecule has 1 aromatic heterocycles. The van der Waals surface area contributed by atoms with Gasteiger partial charge in [-0.05, 0) is 48.0 Å². The van der Waals surface area contributed by atoms with Crippen molar-refractivity contribution in [3.8, 4) is 0 Å². The van der Waals surface area contributed by atoms with E-state index in [-0.39, 0.29) is 5.54 Å². The molecule has 0 N–H and O–H groups in total. The molecule has 5 heteroatoms. The molecule has 0 aromatic carbocycles. The summed E-state index contributed by atoms with van der Waals surface area (Å²) in [5, 5.41) is 0. The summed E-state index contributed by atoms with van der Waals surface area (Å²) in [6.45, 7) is 6.86. The summed E-state index contributed by atoms with van der Waals surface area (Å²) in [5.74, 6) is 1.06. The molecule has 3 heterocycles. The third-order valence-corrected chi connectivity index (χ3v) is 4.92. The standard InChI is InChI=1S/C14H20BrN3O/c1-11-7-12(15)13(16-8-11)18-5-4-17(2)14(9-18)3-6-19-10-14/h7-8H,3-6,9-10H2,1-2H3. The lowest BCUT2D eigenvalue weighted by molar-refractivity contribution is 0.0775. The Kier molecular flexibility index (Phi) is 3.53. The van der Waals surface area contributed by atoms with E-state index in [0.29, 0.717) is 0 Å². The second kappa shape index (κ2) is 5.04. The molecule has 4 nitrogen and oxygen atoms in total. The molecular weight excluding hydrogens is 306 g/mol. The molecule has 1 spiro atoms. The summed E-state index contributed by atoms with van der Waals surface area (Å²) in [5.41, 5.74) is 1.35. The van der Waals surface area contributed by atoms with Gasteiger partial charge in [-0.3, -0.25) is 4.90 Å². The molecule has 3 rings (SSSR count). The summed E-state index contributed by atoms with van der Waals surface area (Å²) in [6, 6.07) is 2.14. The maximum absolute atomic E-state index is 5.64. The Hall–Kier alpha value is -0.650. The highest BCUT2D eigenvalue weighted by molar-refractivity contribution is 9.10. The molecule has 0 aliphatic carbocycles. The summed E-state index contributed by atoms with van der Waals surface area (Å²) in [4.78, 5) is 9.44. The molecule has 1 unspecified atom stereocenters. The quantitative estimate of drug-likeness (QED) is 0.790. The van der Waals surface area contributed by atoms with E-state index in [1.165, 1.54) is 5.56 Å². The van der Waals surface area contributed by atoms with Crippen molar-refractivity contribution in [3.05, 3.63) is 22.3 Å². The summed E-state index contributed by atoms with van der Waals surface area (Å²) < 4.78 is 6.73. The summed E-state index contributed by atoms with van der Waals surface area (Å²) in [7, 11) is 2.21. The van der Waals surface area contributed by atoms with Gasteiger partial charge in [0, 0.05) is 32.4 Å². The summed E-state index contributed by atoms with van der Waals surface area (Å²) >= 11 is 3.65. The van der Waals surface area contributed by atoms with Crippen molar-refractivity contribution in [2.24, 2.45) is 0 Å². The average molecular weight is 326 g/mol. The van der Waals surface area contributed by atoms with E-state index in [1.807, 2.05) is 6.20 Å². The molecular formula is C14H20BrN3O. The highest BCUT2D eigenvalue weighted by Crippen LogP contribution is 2.33. The second-order valence-electron chi connectivity index (χ2n) is 5.69. The number of rotatable bonds is 1. The number of anilines is 1. The van der Waals surface area contributed by atoms with Gasteiger partial charge < -0.3 is 9.64 Å². The Morgan fingerprint density at radius 2 is 2.26 bits per heavy atom. The van der Waals surface area contributed by atoms with Crippen LogP contribution in [0.1, 0.15) is 12.0 Å². The zero-order valence-electron chi connectivity index (χ0n) is 11.5. The number of pyridine rings is 1. The van der Waals surface area contributed by atoms with Crippen LogP contribution in [0.5, 0.6) is 0 Å². The van der Waals surface area contributed by atoms with Crippen LogP contribution in [0, 0.1) is 6.92 Å². The predicted molar refractivity (Wildman–Crippen MR) is 79.7 cm³/mol. The molecule has 104 valence electrons. The molecule has 19 heavy (non-hydrogen) atoms. The van der Waals surface area contributed by atoms with E-state index in [4.69, 9.17) is 4.74 Å². The van der Waals surface area contributed by atoms with Gasteiger partial charge >= 0.3 is 0 Å². The molecule has 2 aliphatic heterocycles. The Balaban J connectivity index is 1.86. The summed E-state index contributed by atoms with van der Waals surface area (Å²) in [6.07, 6.45) is 3.06. The minimum absolute atomic E-state index is 0.171. The first-order valence-electron chi connectivity index (χ1n) is 6.77. The van der Waals surface area contributed by atoms with E-state index in [9.17, 15) is 0 Å². The fourth-order valence-electron chi connectivity index (χ4n) is 3.02. The van der Waals surface area contributed by atoms with E-state index < -0.39 is 0 Å². The predicted octanol–water partition coefficient (Wildman–Crippen LogP) is 2.06. The number of likely N-dealkylation sites (N-methyl/N-ethyl adjacent to an activating group) is 1. The Bertz CT molecular complexity index is 474. The number of hydrogen-bond acceptors (Lipinski definition) is 4. The van der Waals surface area contributed by atoms with E-state index in [2.05, 4.69) is 50.8 Å². The van der Waals surface area contributed by atoms with Crippen LogP contribution in [0.3, 0.4) is 0 Å². The first-order chi connectivity index (χ1) is 9.11. The van der Waals surface area contributed by atoms with Gasteiger partial charge in [0.25, 0.3) is 0 Å². The number of hydrogen-bond donors (Lipinski definition) is 0. The van der Waals surface area contributed by atoms with Crippen LogP contribution in [0.15, 0.2) is 16.7 Å². The monoisotopic (exact) mass is 325 g/mol. The van der Waals surface area contributed by atoms with Crippen LogP contribution in [0.2, 0.25) is 0 Å². The van der Waals surface area contributed by atoms with Crippen molar-refractivity contribution in [1.29, 1.82) is 0 Å². The third-order valence-electron chi connectivity index (χ3n) is 4.34. The van der Waals surface area contributed by atoms with Gasteiger partial charge in [0.2, 0.25) is 0 Å². The minimum Gasteiger partial charge on any atom is -0.379 e. The molecule has 2 saturated heterocycles. The van der Waals surface area contributed by atoms with Gasteiger partial charge in [-0.25, -0.2) is 4.98 Å². The van der Waals surface area contributed by atoms with Crippen molar-refractivity contribution < 1.29 is 4.74 Å². The van der Waals surface area contributed by atoms with Gasteiger partial charge in [-0.1, -0.05) is 0 Å². The number of aromatic nitrogens is 1. The first-order valence-corrected chi connectivity index (χ1v) is 7.56. The molecule has 0 bridgehead atoms. The largest absolute Gasteiger partial charge is 0.379 e. The Labute approximate surface area is 122 Å². The maximum Gasteiger partial charge on any atom is 0.142 e. The zero-order valence-corrected chi connectivity index (χ0v) is 13.1. The molecule has 0 amide bonds. The number of ether oxygens (including phenoxy) is 1. The lowest BCUT2D eigenvalue weighted by Gasteiger charge is -2.47. The molecule has 1 aromatic rings. The van der Waals surface area contributed by atoms with Crippen molar-refractivity contribution >= 4 is 21.7 Å². The fourth-order valence-corrected chi connectivity index (χ4v) is 3.74. The van der Waals surface area contributed by atoms with Gasteiger partial charge in [0.05, 0.1) is 16.6 Å². The highest BCUT2D eigenvalue weighted by Gasteiger charge is 2.43. The van der Waals surface area contributed by atoms with Crippen molar-refractivity contribution in [1.82, 2.24) is 9.88 Å². The molecule has 2 aliphatic rings. The second-order valence-corrected chi connectivity index (χ2v) is 6.54. The van der Waals surface area contributed by atoms with Crippen LogP contribution < -0.4 is 4.90 Å². The molecule has 0 radical (unpaired) electrons. The van der Waals surface area contributed by atoms with Crippen LogP contribution in [0.25, 0.3) is 0 Å². The topological polar surface area (TPSA) is 28.6 Å². The van der Waals surface area contributed by atoms with Crippen LogP contribution in [0.4, 0.5) is 5.82 Å². The van der Waals surface area contributed by atoms with Crippen molar-refractivity contribution in [2.75, 3.05) is 44.8 Å². The van der Waals surface area contributed by atoms with Crippen LogP contribution in [-0.2, 0) is 4.74 Å². The van der Waals surface area contributed by atoms with Crippen LogP contribution in [-0.4, -0.2) is 55.3 Å². The minimum atomic E-state index is 0.171. The number of aryl methyl sites for hydroxylation is 1. The van der Waals surface area contributed by atoms with Crippen LogP contribution >= 0.6 is 15.9 Å². The SMILES string of the molecule is Cc1cnc(N2CCN(C)C3(CCOC3)C2)c(Br)c1. The van der Waals surface area contributed by atoms with Gasteiger partial charge in [-0.2, -0.15) is 0 Å². The van der Waals surface area contributed by atoms with E-state index in [1.54, 1.807) is 0 Å². The van der Waals surface area contributed by atoms with Crippen molar-refractivity contribution in [2.45, 2.75) is 18.9 Å². The number of nitrogens with zero attached hydrogens (tertiary/aromatic N) is 3. The number of halogens is 1. The first kappa shape index (κ1) is 13.3. The van der Waals surface area contributed by atoms with Gasteiger partial charge in [-0.15, -0.1) is 0 Å². The maximum atomic E-state index is 5.64. The van der Waals surface area contributed by atoms with Crippen molar-refractivity contribution in [3.63, 3.8) is 0 Å². The molecule has 0 saturated carbocycles. The van der Waals surface area contributed by atoms with E-state index >= 15 is 0 Å². The smallest absolute Gasteiger partial charge is 0.142 e. The highest BCUT2D eigenvalue weighted by atomic mass is 79.9. The van der Waals surface area contributed by atoms with Gasteiger partial charge in [0.15, 0.2) is 0 Å². The average Bonchev–Trinajstić information content (AvgIpc) is 2.83. The third kappa shape index (κ3) is 2.39. The lowest BCUT2D eigenvalue weighted by Crippen LogP contribution is -2.61. The molecule has 2 fully saturated rings. The zero-order chi connectivity index (χ0) is 13.5. The Morgan fingerprint density at radius 3 is 2.95 bits per heavy atom. The molecule has 1 atom stereocenters. The van der Waals surface area contributed by atoms with E-state index in [0.717, 1.165) is 49.6 Å².